The van der Waals surface area contributed by atoms with Crippen molar-refractivity contribution in [1.29, 1.82) is 0 Å². The topological polar surface area (TPSA) is 70.7 Å². The molecule has 7 nitrogen and oxygen atoms in total. The van der Waals surface area contributed by atoms with E-state index in [2.05, 4.69) is 41.5 Å². The second-order valence-corrected chi connectivity index (χ2v) is 10.4. The van der Waals surface area contributed by atoms with E-state index in [0.717, 1.165) is 50.7 Å². The van der Waals surface area contributed by atoms with Crippen LogP contribution in [-0.4, -0.2) is 57.9 Å². The van der Waals surface area contributed by atoms with Gasteiger partial charge in [0.2, 0.25) is 5.91 Å². The average molecular weight is 477 g/mol. The molecule has 3 heterocycles. The van der Waals surface area contributed by atoms with Gasteiger partial charge in [-0.25, -0.2) is 0 Å². The van der Waals surface area contributed by atoms with Gasteiger partial charge in [0.05, 0.1) is 18.3 Å². The molecule has 0 unspecified atom stereocenters. The number of carbonyl (C=O) groups excluding carboxylic acids is 2. The predicted molar refractivity (Wildman–Crippen MR) is 136 cm³/mol. The van der Waals surface area contributed by atoms with Gasteiger partial charge in [-0.05, 0) is 45.3 Å². The van der Waals surface area contributed by atoms with Crippen LogP contribution < -0.4 is 5.32 Å². The highest BCUT2D eigenvalue weighted by Gasteiger charge is 2.48. The minimum atomic E-state index is -0.956. The van der Waals surface area contributed by atoms with Crippen LogP contribution in [0.25, 0.3) is 11.1 Å². The quantitative estimate of drug-likeness (QED) is 0.523. The number of nitrogens with one attached hydrogen (secondary N) is 1. The zero-order chi connectivity index (χ0) is 24.4. The van der Waals surface area contributed by atoms with Crippen molar-refractivity contribution in [3.63, 3.8) is 0 Å². The Morgan fingerprint density at radius 1 is 1.17 bits per heavy atom. The molecule has 0 bridgehead atoms. The molecule has 2 aromatic heterocycles. The monoisotopic (exact) mass is 476 g/mol. The third-order valence-corrected chi connectivity index (χ3v) is 7.70. The number of furan rings is 1. The summed E-state index contributed by atoms with van der Waals surface area (Å²) in [5.41, 5.74) is 2.46. The minimum absolute atomic E-state index is 0.0496. The SMILES string of the molecule is CN(CCCN1C(=O)c2cc3occc3n2C[C@]1(C)C(=O)NC1CCCCC1)Cc1ccccc1. The van der Waals surface area contributed by atoms with Gasteiger partial charge in [-0.15, -0.1) is 0 Å². The smallest absolute Gasteiger partial charge is 0.271 e. The first-order valence-electron chi connectivity index (χ1n) is 12.9. The molecule has 2 amide bonds. The normalized spacial score (nSPS) is 21.0. The third-order valence-electron chi connectivity index (χ3n) is 7.70. The molecular weight excluding hydrogens is 440 g/mol. The van der Waals surface area contributed by atoms with Crippen molar-refractivity contribution >= 4 is 22.9 Å². The summed E-state index contributed by atoms with van der Waals surface area (Å²) in [5.74, 6) is -0.152. The third kappa shape index (κ3) is 4.74. The van der Waals surface area contributed by atoms with E-state index in [4.69, 9.17) is 4.42 Å². The van der Waals surface area contributed by atoms with Crippen LogP contribution in [0.1, 0.15) is 61.5 Å². The van der Waals surface area contributed by atoms with E-state index in [1.807, 2.05) is 29.7 Å². The van der Waals surface area contributed by atoms with E-state index in [9.17, 15) is 9.59 Å². The predicted octanol–water partition coefficient (Wildman–Crippen LogP) is 4.42. The van der Waals surface area contributed by atoms with E-state index in [1.165, 1.54) is 12.0 Å². The molecule has 186 valence electrons. The standard InChI is InChI=1S/C28H36N4O3/c1-28(27(34)29-22-12-7-4-8-13-22)20-31-23-14-17-35-25(23)18-24(31)26(33)32(28)16-9-15-30(2)19-21-10-5-3-6-11-21/h3,5-6,10-11,14,17-18,22H,4,7-9,12-13,15-16,19-20H2,1-2H3,(H,29,34)/t28-/m1/s1. The molecule has 35 heavy (non-hydrogen) atoms. The Morgan fingerprint density at radius 2 is 1.94 bits per heavy atom. The van der Waals surface area contributed by atoms with Gasteiger partial charge < -0.3 is 24.1 Å². The lowest BCUT2D eigenvalue weighted by molar-refractivity contribution is -0.133. The molecule has 1 N–H and O–H groups in total. The fourth-order valence-corrected chi connectivity index (χ4v) is 5.68. The van der Waals surface area contributed by atoms with Gasteiger partial charge in [-0.2, -0.15) is 0 Å². The van der Waals surface area contributed by atoms with Gasteiger partial charge >= 0.3 is 0 Å². The van der Waals surface area contributed by atoms with E-state index < -0.39 is 5.54 Å². The van der Waals surface area contributed by atoms with Gasteiger partial charge in [-0.3, -0.25) is 9.59 Å². The number of rotatable bonds is 8. The van der Waals surface area contributed by atoms with Crippen LogP contribution in [0.4, 0.5) is 0 Å². The summed E-state index contributed by atoms with van der Waals surface area (Å²) in [6.45, 7) is 4.57. The Bertz CT molecular complexity index is 1180. The molecule has 0 saturated heterocycles. The first-order chi connectivity index (χ1) is 17.0. The Hall–Kier alpha value is -3.06. The first kappa shape index (κ1) is 23.7. The van der Waals surface area contributed by atoms with Crippen LogP contribution in [-0.2, 0) is 17.9 Å². The van der Waals surface area contributed by atoms with Crippen molar-refractivity contribution in [2.24, 2.45) is 0 Å². The Morgan fingerprint density at radius 3 is 2.71 bits per heavy atom. The first-order valence-corrected chi connectivity index (χ1v) is 12.9. The molecule has 1 saturated carbocycles. The van der Waals surface area contributed by atoms with Crippen LogP contribution in [0.5, 0.6) is 0 Å². The van der Waals surface area contributed by atoms with Gasteiger partial charge in [0, 0.05) is 31.3 Å². The number of hydrogen-bond donors (Lipinski definition) is 1. The molecule has 1 aromatic carbocycles. The summed E-state index contributed by atoms with van der Waals surface area (Å²) in [5, 5.41) is 3.30. The fraction of sp³-hybridized carbons (Fsp3) is 0.500. The molecule has 1 atom stereocenters. The minimum Gasteiger partial charge on any atom is -0.463 e. The highest BCUT2D eigenvalue weighted by molar-refractivity contribution is 6.02. The number of benzene rings is 1. The van der Waals surface area contributed by atoms with Gasteiger partial charge in [0.1, 0.15) is 11.2 Å². The molecule has 1 fully saturated rings. The van der Waals surface area contributed by atoms with Gasteiger partial charge in [0.15, 0.2) is 5.58 Å². The highest BCUT2D eigenvalue weighted by atomic mass is 16.3. The van der Waals surface area contributed by atoms with Gasteiger partial charge in [-0.1, -0.05) is 49.6 Å². The van der Waals surface area contributed by atoms with Crippen LogP contribution in [0, 0.1) is 0 Å². The average Bonchev–Trinajstić information content (AvgIpc) is 3.45. The zero-order valence-electron chi connectivity index (χ0n) is 20.8. The van der Waals surface area contributed by atoms with Crippen LogP contribution in [0.2, 0.25) is 0 Å². The lowest BCUT2D eigenvalue weighted by atomic mass is 9.91. The summed E-state index contributed by atoms with van der Waals surface area (Å²) in [4.78, 5) is 31.5. The Kier molecular flexibility index (Phi) is 6.69. The number of amides is 2. The van der Waals surface area contributed by atoms with E-state index in [1.54, 1.807) is 11.2 Å². The number of hydrogen-bond acceptors (Lipinski definition) is 4. The summed E-state index contributed by atoms with van der Waals surface area (Å²) in [6.07, 6.45) is 7.98. The van der Waals surface area contributed by atoms with Crippen molar-refractivity contribution in [3.05, 3.63) is 60.0 Å². The maximum Gasteiger partial charge on any atom is 0.271 e. The van der Waals surface area contributed by atoms with Gasteiger partial charge in [0.25, 0.3) is 5.91 Å². The van der Waals surface area contributed by atoms with Crippen molar-refractivity contribution < 1.29 is 14.0 Å². The molecule has 7 heteroatoms. The van der Waals surface area contributed by atoms with E-state index >= 15 is 0 Å². The maximum absolute atomic E-state index is 13.7. The summed E-state index contributed by atoms with van der Waals surface area (Å²) >= 11 is 0. The molecule has 3 aromatic rings. The molecule has 1 aliphatic carbocycles. The number of aromatic nitrogens is 1. The van der Waals surface area contributed by atoms with Crippen molar-refractivity contribution in [2.45, 2.75) is 70.1 Å². The van der Waals surface area contributed by atoms with Crippen LogP contribution >= 0.6 is 0 Å². The summed E-state index contributed by atoms with van der Waals surface area (Å²) in [6, 6.07) is 14.3. The lowest BCUT2D eigenvalue weighted by Crippen LogP contribution is -2.65. The lowest BCUT2D eigenvalue weighted by Gasteiger charge is -2.45. The summed E-state index contributed by atoms with van der Waals surface area (Å²) in [7, 11) is 2.10. The zero-order valence-corrected chi connectivity index (χ0v) is 20.8. The Balaban J connectivity index is 1.34. The summed E-state index contributed by atoms with van der Waals surface area (Å²) < 4.78 is 7.53. The largest absolute Gasteiger partial charge is 0.463 e. The second-order valence-electron chi connectivity index (χ2n) is 10.4. The molecule has 0 radical (unpaired) electrons. The number of nitrogens with zero attached hydrogens (tertiary/aromatic N) is 3. The molecule has 1 aliphatic heterocycles. The van der Waals surface area contributed by atoms with E-state index in [-0.39, 0.29) is 17.9 Å². The second kappa shape index (κ2) is 9.90. The van der Waals surface area contributed by atoms with Crippen molar-refractivity contribution in [3.8, 4) is 0 Å². The molecule has 2 aliphatic rings. The van der Waals surface area contributed by atoms with Crippen molar-refractivity contribution in [1.82, 2.24) is 19.7 Å². The molecular formula is C28H36N4O3. The Labute approximate surface area is 207 Å². The number of fused-ring (bicyclic) bond motifs is 3. The molecule has 0 spiro atoms. The van der Waals surface area contributed by atoms with Crippen LogP contribution in [0.15, 0.2) is 53.1 Å². The van der Waals surface area contributed by atoms with Crippen LogP contribution in [0.3, 0.4) is 0 Å². The molecule has 5 rings (SSSR count). The highest BCUT2D eigenvalue weighted by Crippen LogP contribution is 2.33. The van der Waals surface area contributed by atoms with Crippen molar-refractivity contribution in [2.75, 3.05) is 20.1 Å². The fourth-order valence-electron chi connectivity index (χ4n) is 5.68. The van der Waals surface area contributed by atoms with E-state index in [0.29, 0.717) is 24.4 Å². The maximum atomic E-state index is 13.7. The number of carbonyl (C=O) groups is 2.